The van der Waals surface area contributed by atoms with Gasteiger partial charge < -0.3 is 10.1 Å². The lowest BCUT2D eigenvalue weighted by molar-refractivity contribution is -0.00925. The predicted molar refractivity (Wildman–Crippen MR) is 57.3 cm³/mol. The standard InChI is InChI=1S/C12H17NO/c1-9-3-5-11(6-4-9)10(2)13-12-7-14-8-12/h3-6,10,12-13H,7-8H2,1-2H3. The highest BCUT2D eigenvalue weighted by Gasteiger charge is 2.20. The first-order valence-corrected chi connectivity index (χ1v) is 5.16. The van der Waals surface area contributed by atoms with Crippen molar-refractivity contribution in [3.05, 3.63) is 35.4 Å². The third kappa shape index (κ3) is 2.14. The van der Waals surface area contributed by atoms with Crippen LogP contribution >= 0.6 is 0 Å². The molecule has 1 aromatic rings. The first-order chi connectivity index (χ1) is 6.75. The summed E-state index contributed by atoms with van der Waals surface area (Å²) in [5, 5.41) is 3.53. The Morgan fingerprint density at radius 2 is 1.93 bits per heavy atom. The highest BCUT2D eigenvalue weighted by atomic mass is 16.5. The van der Waals surface area contributed by atoms with Crippen LogP contribution in [0.2, 0.25) is 0 Å². The second-order valence-corrected chi connectivity index (χ2v) is 4.03. The van der Waals surface area contributed by atoms with Crippen LogP contribution in [-0.4, -0.2) is 19.3 Å². The number of rotatable bonds is 3. The van der Waals surface area contributed by atoms with E-state index in [1.165, 1.54) is 11.1 Å². The number of benzene rings is 1. The molecule has 0 saturated carbocycles. The molecule has 0 aromatic heterocycles. The summed E-state index contributed by atoms with van der Waals surface area (Å²) in [6.45, 7) is 6.02. The zero-order valence-electron chi connectivity index (χ0n) is 8.79. The zero-order chi connectivity index (χ0) is 9.97. The summed E-state index contributed by atoms with van der Waals surface area (Å²) in [6, 6.07) is 9.66. The summed E-state index contributed by atoms with van der Waals surface area (Å²) in [7, 11) is 0. The average Bonchev–Trinajstić information content (AvgIpc) is 2.12. The number of nitrogens with one attached hydrogen (secondary N) is 1. The van der Waals surface area contributed by atoms with E-state index in [4.69, 9.17) is 4.74 Å². The minimum Gasteiger partial charge on any atom is -0.378 e. The van der Waals surface area contributed by atoms with Gasteiger partial charge in [0.1, 0.15) is 0 Å². The molecule has 1 aliphatic heterocycles. The molecule has 1 heterocycles. The van der Waals surface area contributed by atoms with E-state index in [0.717, 1.165) is 13.2 Å². The summed E-state index contributed by atoms with van der Waals surface area (Å²) in [6.07, 6.45) is 0. The van der Waals surface area contributed by atoms with Gasteiger partial charge >= 0.3 is 0 Å². The number of hydrogen-bond acceptors (Lipinski definition) is 2. The summed E-state index contributed by atoms with van der Waals surface area (Å²) in [4.78, 5) is 0. The quantitative estimate of drug-likeness (QED) is 0.789. The van der Waals surface area contributed by atoms with Crippen molar-refractivity contribution in [2.24, 2.45) is 0 Å². The van der Waals surface area contributed by atoms with Crippen LogP contribution in [0.3, 0.4) is 0 Å². The van der Waals surface area contributed by atoms with Crippen LogP contribution in [0, 0.1) is 6.92 Å². The molecule has 0 radical (unpaired) electrons. The van der Waals surface area contributed by atoms with E-state index in [1.54, 1.807) is 0 Å². The van der Waals surface area contributed by atoms with E-state index in [2.05, 4.69) is 43.4 Å². The number of hydrogen-bond donors (Lipinski definition) is 1. The lowest BCUT2D eigenvalue weighted by Crippen LogP contribution is -2.46. The molecule has 1 aliphatic rings. The Balaban J connectivity index is 1.95. The van der Waals surface area contributed by atoms with E-state index in [9.17, 15) is 0 Å². The van der Waals surface area contributed by atoms with Crippen molar-refractivity contribution in [2.75, 3.05) is 13.2 Å². The maximum atomic E-state index is 5.13. The van der Waals surface area contributed by atoms with E-state index in [0.29, 0.717) is 12.1 Å². The second-order valence-electron chi connectivity index (χ2n) is 4.03. The molecule has 0 aliphatic carbocycles. The molecular weight excluding hydrogens is 174 g/mol. The van der Waals surface area contributed by atoms with Crippen molar-refractivity contribution in [3.8, 4) is 0 Å². The van der Waals surface area contributed by atoms with Crippen LogP contribution in [-0.2, 0) is 4.74 Å². The van der Waals surface area contributed by atoms with E-state index < -0.39 is 0 Å². The van der Waals surface area contributed by atoms with Gasteiger partial charge in [-0.15, -0.1) is 0 Å². The van der Waals surface area contributed by atoms with Gasteiger partial charge in [0.2, 0.25) is 0 Å². The molecule has 1 aromatic carbocycles. The summed E-state index contributed by atoms with van der Waals surface area (Å²) in [5.41, 5.74) is 2.66. The van der Waals surface area contributed by atoms with Crippen molar-refractivity contribution in [1.82, 2.24) is 5.32 Å². The molecule has 0 bridgehead atoms. The Bertz CT molecular complexity index is 290. The smallest absolute Gasteiger partial charge is 0.0643 e. The SMILES string of the molecule is Cc1ccc(C(C)NC2COC2)cc1. The molecule has 14 heavy (non-hydrogen) atoms. The van der Waals surface area contributed by atoms with E-state index >= 15 is 0 Å². The van der Waals surface area contributed by atoms with Gasteiger partial charge in [0.15, 0.2) is 0 Å². The Morgan fingerprint density at radius 1 is 1.29 bits per heavy atom. The molecule has 1 N–H and O–H groups in total. The normalized spacial score (nSPS) is 19.0. The molecule has 0 amide bonds. The molecule has 2 rings (SSSR count). The average molecular weight is 191 g/mol. The largest absolute Gasteiger partial charge is 0.378 e. The maximum absolute atomic E-state index is 5.13. The van der Waals surface area contributed by atoms with Gasteiger partial charge in [-0.1, -0.05) is 29.8 Å². The first kappa shape index (κ1) is 9.69. The maximum Gasteiger partial charge on any atom is 0.0643 e. The predicted octanol–water partition coefficient (Wildman–Crippen LogP) is 2.04. The van der Waals surface area contributed by atoms with Crippen molar-refractivity contribution in [1.29, 1.82) is 0 Å². The molecular formula is C12H17NO. The summed E-state index contributed by atoms with van der Waals surface area (Å²) in [5.74, 6) is 0. The highest BCUT2D eigenvalue weighted by molar-refractivity contribution is 5.23. The van der Waals surface area contributed by atoms with E-state index in [1.807, 2.05) is 0 Å². The second kappa shape index (κ2) is 4.11. The molecule has 2 nitrogen and oxygen atoms in total. The minimum absolute atomic E-state index is 0.421. The monoisotopic (exact) mass is 191 g/mol. The van der Waals surface area contributed by atoms with E-state index in [-0.39, 0.29) is 0 Å². The topological polar surface area (TPSA) is 21.3 Å². The molecule has 1 saturated heterocycles. The molecule has 1 fully saturated rings. The number of aryl methyl sites for hydroxylation is 1. The third-order valence-electron chi connectivity index (χ3n) is 2.70. The molecule has 0 spiro atoms. The van der Waals surface area contributed by atoms with Gasteiger partial charge in [-0.05, 0) is 19.4 Å². The first-order valence-electron chi connectivity index (χ1n) is 5.16. The fraction of sp³-hybridized carbons (Fsp3) is 0.500. The Hall–Kier alpha value is -0.860. The Kier molecular flexibility index (Phi) is 2.85. The molecule has 76 valence electrons. The lowest BCUT2D eigenvalue weighted by Gasteiger charge is -2.30. The van der Waals surface area contributed by atoms with Crippen LogP contribution in [0.25, 0.3) is 0 Å². The van der Waals surface area contributed by atoms with Gasteiger partial charge in [0, 0.05) is 6.04 Å². The fourth-order valence-corrected chi connectivity index (χ4v) is 1.64. The summed E-state index contributed by atoms with van der Waals surface area (Å²) < 4.78 is 5.13. The minimum atomic E-state index is 0.421. The van der Waals surface area contributed by atoms with Crippen molar-refractivity contribution in [2.45, 2.75) is 25.9 Å². The lowest BCUT2D eigenvalue weighted by atomic mass is 10.1. The number of ether oxygens (including phenoxy) is 1. The molecule has 2 heteroatoms. The van der Waals surface area contributed by atoms with Crippen LogP contribution in [0.15, 0.2) is 24.3 Å². The fourth-order valence-electron chi connectivity index (χ4n) is 1.64. The summed E-state index contributed by atoms with van der Waals surface area (Å²) >= 11 is 0. The van der Waals surface area contributed by atoms with Crippen LogP contribution < -0.4 is 5.32 Å². The van der Waals surface area contributed by atoms with Gasteiger partial charge in [-0.3, -0.25) is 0 Å². The molecule has 1 unspecified atom stereocenters. The zero-order valence-corrected chi connectivity index (χ0v) is 8.79. The van der Waals surface area contributed by atoms with Gasteiger partial charge in [-0.25, -0.2) is 0 Å². The molecule has 1 atom stereocenters. The van der Waals surface area contributed by atoms with Crippen molar-refractivity contribution >= 4 is 0 Å². The van der Waals surface area contributed by atoms with Gasteiger partial charge in [-0.2, -0.15) is 0 Å². The Morgan fingerprint density at radius 3 is 2.43 bits per heavy atom. The Labute approximate surface area is 85.3 Å². The van der Waals surface area contributed by atoms with Gasteiger partial charge in [0.25, 0.3) is 0 Å². The van der Waals surface area contributed by atoms with Crippen molar-refractivity contribution in [3.63, 3.8) is 0 Å². The van der Waals surface area contributed by atoms with Gasteiger partial charge in [0.05, 0.1) is 19.3 Å². The van der Waals surface area contributed by atoms with Crippen LogP contribution in [0.1, 0.15) is 24.1 Å². The highest BCUT2D eigenvalue weighted by Crippen LogP contribution is 2.15. The van der Waals surface area contributed by atoms with Crippen molar-refractivity contribution < 1.29 is 4.74 Å². The third-order valence-corrected chi connectivity index (χ3v) is 2.70. The van der Waals surface area contributed by atoms with Crippen LogP contribution in [0.4, 0.5) is 0 Å². The van der Waals surface area contributed by atoms with Crippen LogP contribution in [0.5, 0.6) is 0 Å².